The molecule has 0 amide bonds. The van der Waals surface area contributed by atoms with E-state index in [1.165, 1.54) is 4.90 Å². The molecule has 0 heterocycles. The molecule has 0 radical (unpaired) electrons. The van der Waals surface area contributed by atoms with Crippen LogP contribution >= 0.6 is 35.7 Å². The minimum Gasteiger partial charge on any atom is -0.355 e. The van der Waals surface area contributed by atoms with Crippen molar-refractivity contribution in [1.29, 1.82) is 0 Å². The lowest BCUT2D eigenvalue weighted by Gasteiger charge is -2.18. The summed E-state index contributed by atoms with van der Waals surface area (Å²) in [5.41, 5.74) is 0.937. The zero-order valence-corrected chi connectivity index (χ0v) is 21.0. The van der Waals surface area contributed by atoms with E-state index in [-0.39, 0.29) is 34.5 Å². The maximum Gasteiger partial charge on any atom is 0.213 e. The van der Waals surface area contributed by atoms with Crippen LogP contribution in [0.3, 0.4) is 0 Å². The summed E-state index contributed by atoms with van der Waals surface area (Å²) in [7, 11) is -1.66. The monoisotopic (exact) mass is 560 g/mol. The zero-order valence-electron chi connectivity index (χ0n) is 17.0. The number of halogens is 1. The van der Waals surface area contributed by atoms with Crippen LogP contribution in [0.15, 0.2) is 70.6 Å². The molecule has 0 aromatic heterocycles. The predicted octanol–water partition coefficient (Wildman–Crippen LogP) is 3.21. The summed E-state index contributed by atoms with van der Waals surface area (Å²) in [5, 5.41) is 6.44. The number of aliphatic imine (C=N–C) groups is 1. The van der Waals surface area contributed by atoms with Crippen molar-refractivity contribution in [2.75, 3.05) is 25.9 Å². The van der Waals surface area contributed by atoms with Crippen LogP contribution < -0.4 is 15.4 Å². The predicted molar refractivity (Wildman–Crippen MR) is 136 cm³/mol. The minimum atomic E-state index is -3.35. The average molecular weight is 561 g/mol. The molecule has 0 atom stereocenters. The van der Waals surface area contributed by atoms with Crippen molar-refractivity contribution in [2.24, 2.45) is 4.99 Å². The number of benzene rings is 2. The van der Waals surface area contributed by atoms with Gasteiger partial charge in [0.2, 0.25) is 10.0 Å². The summed E-state index contributed by atoms with van der Waals surface area (Å²) in [5.74, 6) is 0.618. The minimum absolute atomic E-state index is 0. The van der Waals surface area contributed by atoms with Gasteiger partial charge in [-0.2, -0.15) is 0 Å². The molecule has 1 aliphatic rings. The number of hydrogen-bond donors (Lipinski definition) is 3. The number of guanidine groups is 1. The fraction of sp³-hybridized carbons (Fsp3) is 0.381. The Hall–Kier alpha value is -1.30. The summed E-state index contributed by atoms with van der Waals surface area (Å²) >= 11 is 1.89. The summed E-state index contributed by atoms with van der Waals surface area (Å²) < 4.78 is 27.2. The topological polar surface area (TPSA) is 82.6 Å². The highest BCUT2D eigenvalue weighted by atomic mass is 127. The van der Waals surface area contributed by atoms with E-state index in [2.05, 4.69) is 44.6 Å². The fourth-order valence-electron chi connectivity index (χ4n) is 2.82. The Bertz CT molecular complexity index is 905. The van der Waals surface area contributed by atoms with Crippen LogP contribution in [0, 0.1) is 0 Å². The fourth-order valence-corrected chi connectivity index (χ4v) is 4.97. The van der Waals surface area contributed by atoms with Crippen LogP contribution in [0.5, 0.6) is 0 Å². The van der Waals surface area contributed by atoms with Crippen molar-refractivity contribution in [3.63, 3.8) is 0 Å². The van der Waals surface area contributed by atoms with Gasteiger partial charge in [0.25, 0.3) is 0 Å². The second-order valence-corrected chi connectivity index (χ2v) is 10.5. The Morgan fingerprint density at radius 3 is 2.27 bits per heavy atom. The standard InChI is InChI=1S/C21H28N4O2S2.HI/c1-22-20(24-17-21(12-13-21)28-19-10-6-3-7-11-19)23-14-15-29(26,27)25-16-18-8-4-2-5-9-18;/h2-11,25H,12-17H2,1H3,(H2,22,23,24);1H. The average Bonchev–Trinajstić information content (AvgIpc) is 3.50. The molecule has 1 saturated carbocycles. The lowest BCUT2D eigenvalue weighted by molar-refractivity contribution is 0.580. The highest BCUT2D eigenvalue weighted by molar-refractivity contribution is 14.0. The molecular formula is C21H29IN4O2S2. The van der Waals surface area contributed by atoms with Gasteiger partial charge in [-0.15, -0.1) is 35.7 Å². The highest BCUT2D eigenvalue weighted by Crippen LogP contribution is 2.51. The quantitative estimate of drug-likeness (QED) is 0.236. The Labute approximate surface area is 200 Å². The van der Waals surface area contributed by atoms with Gasteiger partial charge < -0.3 is 10.6 Å². The maximum absolute atomic E-state index is 12.2. The zero-order chi connectivity index (χ0) is 20.6. The molecule has 0 unspecified atom stereocenters. The molecular weight excluding hydrogens is 531 g/mol. The van der Waals surface area contributed by atoms with E-state index in [9.17, 15) is 8.42 Å². The van der Waals surface area contributed by atoms with E-state index in [4.69, 9.17) is 0 Å². The van der Waals surface area contributed by atoms with E-state index in [1.54, 1.807) is 7.05 Å². The first-order valence-corrected chi connectivity index (χ1v) is 12.2. The number of nitrogens with one attached hydrogen (secondary N) is 3. The smallest absolute Gasteiger partial charge is 0.213 e. The summed E-state index contributed by atoms with van der Waals surface area (Å²) in [4.78, 5) is 5.48. The van der Waals surface area contributed by atoms with Gasteiger partial charge >= 0.3 is 0 Å². The Morgan fingerprint density at radius 1 is 1.03 bits per heavy atom. The van der Waals surface area contributed by atoms with Crippen molar-refractivity contribution < 1.29 is 8.42 Å². The third-order valence-corrected chi connectivity index (χ3v) is 7.51. The second kappa shape index (κ2) is 11.9. The number of nitrogens with zero attached hydrogens (tertiary/aromatic N) is 1. The SMILES string of the molecule is CN=C(NCCS(=O)(=O)NCc1ccccc1)NCC1(Sc2ccccc2)CC1.I. The van der Waals surface area contributed by atoms with Crippen molar-refractivity contribution in [3.8, 4) is 0 Å². The van der Waals surface area contributed by atoms with Crippen LogP contribution in [0.4, 0.5) is 0 Å². The lowest BCUT2D eigenvalue weighted by atomic mass is 10.2. The van der Waals surface area contributed by atoms with Crippen LogP contribution in [-0.4, -0.2) is 45.0 Å². The Morgan fingerprint density at radius 2 is 1.67 bits per heavy atom. The number of rotatable bonds is 10. The van der Waals surface area contributed by atoms with Gasteiger partial charge in [-0.3, -0.25) is 4.99 Å². The number of thioether (sulfide) groups is 1. The highest BCUT2D eigenvalue weighted by Gasteiger charge is 2.43. The molecule has 9 heteroatoms. The summed E-state index contributed by atoms with van der Waals surface area (Å²) in [6, 6.07) is 19.9. The van der Waals surface area contributed by atoms with Crippen LogP contribution in [0.25, 0.3) is 0 Å². The van der Waals surface area contributed by atoms with Crippen LogP contribution in [0.1, 0.15) is 18.4 Å². The molecule has 3 rings (SSSR count). The first kappa shape index (κ1) is 25.0. The maximum atomic E-state index is 12.2. The van der Waals surface area contributed by atoms with E-state index < -0.39 is 10.0 Å². The van der Waals surface area contributed by atoms with Gasteiger partial charge in [0.15, 0.2) is 5.96 Å². The van der Waals surface area contributed by atoms with E-state index in [0.717, 1.165) is 24.9 Å². The van der Waals surface area contributed by atoms with Crippen LogP contribution in [-0.2, 0) is 16.6 Å². The van der Waals surface area contributed by atoms with Crippen LogP contribution in [0.2, 0.25) is 0 Å². The number of sulfonamides is 1. The molecule has 3 N–H and O–H groups in total. The van der Waals surface area contributed by atoms with Crippen molar-refractivity contribution in [2.45, 2.75) is 29.0 Å². The van der Waals surface area contributed by atoms with E-state index in [0.29, 0.717) is 19.0 Å². The molecule has 0 saturated heterocycles. The van der Waals surface area contributed by atoms with Gasteiger partial charge in [0.05, 0.1) is 5.75 Å². The molecule has 1 aliphatic carbocycles. The molecule has 2 aromatic rings. The van der Waals surface area contributed by atoms with Crippen molar-refractivity contribution in [3.05, 3.63) is 66.2 Å². The number of hydrogen-bond acceptors (Lipinski definition) is 4. The molecule has 1 fully saturated rings. The molecule has 6 nitrogen and oxygen atoms in total. The summed E-state index contributed by atoms with van der Waals surface area (Å²) in [6.07, 6.45) is 2.32. The Kier molecular flexibility index (Phi) is 9.92. The molecule has 2 aromatic carbocycles. The van der Waals surface area contributed by atoms with Gasteiger partial charge in [-0.05, 0) is 30.5 Å². The normalized spacial score (nSPS) is 15.2. The van der Waals surface area contributed by atoms with Gasteiger partial charge in [0.1, 0.15) is 0 Å². The van der Waals surface area contributed by atoms with E-state index in [1.807, 2.05) is 48.2 Å². The first-order chi connectivity index (χ1) is 14.0. The molecule has 0 aliphatic heterocycles. The largest absolute Gasteiger partial charge is 0.355 e. The molecule has 30 heavy (non-hydrogen) atoms. The third kappa shape index (κ3) is 8.44. The summed E-state index contributed by atoms with van der Waals surface area (Å²) in [6.45, 7) is 1.39. The van der Waals surface area contributed by atoms with Crippen molar-refractivity contribution in [1.82, 2.24) is 15.4 Å². The Balaban J connectivity index is 0.00000320. The van der Waals surface area contributed by atoms with E-state index >= 15 is 0 Å². The lowest BCUT2D eigenvalue weighted by Crippen LogP contribution is -2.43. The third-order valence-electron chi connectivity index (χ3n) is 4.69. The van der Waals surface area contributed by atoms with Gasteiger partial charge in [0, 0.05) is 36.3 Å². The van der Waals surface area contributed by atoms with Gasteiger partial charge in [-0.1, -0.05) is 48.5 Å². The molecule has 0 spiro atoms. The van der Waals surface area contributed by atoms with Gasteiger partial charge in [-0.25, -0.2) is 13.1 Å². The second-order valence-electron chi connectivity index (χ2n) is 7.08. The molecule has 0 bridgehead atoms. The van der Waals surface area contributed by atoms with Crippen molar-refractivity contribution >= 4 is 51.7 Å². The first-order valence-electron chi connectivity index (χ1n) is 9.70. The molecule has 164 valence electrons.